The number of hydrogen-bond donors (Lipinski definition) is 0. The lowest BCUT2D eigenvalue weighted by Crippen LogP contribution is -2.08. The first-order chi connectivity index (χ1) is 11.7. The summed E-state index contributed by atoms with van der Waals surface area (Å²) in [5.74, 6) is 0.199. The molecule has 2 aromatic rings. The number of methoxy groups -OCH3 is 2. The first-order valence-electron chi connectivity index (χ1n) is 6.84. The van der Waals surface area contributed by atoms with Gasteiger partial charge in [0.25, 0.3) is 0 Å². The maximum absolute atomic E-state index is 13.0. The first kappa shape index (κ1) is 20.7. The molecule has 0 saturated carbocycles. The Labute approximate surface area is 176 Å². The van der Waals surface area contributed by atoms with Crippen molar-refractivity contribution >= 4 is 70.3 Å². The molecule has 0 bridgehead atoms. The lowest BCUT2D eigenvalue weighted by Gasteiger charge is -2.12. The molecule has 134 valence electrons. The Kier molecular flexibility index (Phi) is 6.91. The number of benzene rings is 2. The van der Waals surface area contributed by atoms with Gasteiger partial charge >= 0.3 is 5.97 Å². The molecule has 0 aromatic heterocycles. The van der Waals surface area contributed by atoms with Gasteiger partial charge in [-0.3, -0.25) is 4.79 Å². The van der Waals surface area contributed by atoms with E-state index in [1.54, 1.807) is 24.3 Å². The van der Waals surface area contributed by atoms with E-state index >= 15 is 0 Å². The summed E-state index contributed by atoms with van der Waals surface area (Å²) in [4.78, 5) is 11.7. The smallest absolute Gasteiger partial charge is 0.309 e. The van der Waals surface area contributed by atoms with Crippen LogP contribution in [0.5, 0.6) is 5.75 Å². The molecule has 2 aromatic carbocycles. The number of esters is 1. The second kappa shape index (κ2) is 8.36. The molecule has 0 aliphatic rings. The molecule has 25 heavy (non-hydrogen) atoms. The van der Waals surface area contributed by atoms with Crippen molar-refractivity contribution in [3.63, 3.8) is 0 Å². The van der Waals surface area contributed by atoms with Crippen LogP contribution in [0.3, 0.4) is 0 Å². The normalized spacial score (nSPS) is 11.2. The Balaban J connectivity index is 2.53. The third-order valence-electron chi connectivity index (χ3n) is 3.34. The summed E-state index contributed by atoms with van der Waals surface area (Å²) in [7, 11) is -0.940. The lowest BCUT2D eigenvalue weighted by molar-refractivity contribution is -0.139. The van der Waals surface area contributed by atoms with Gasteiger partial charge in [-0.1, -0.05) is 0 Å². The number of carbonyl (C=O) groups is 1. The third-order valence-corrected chi connectivity index (χ3v) is 7.81. The van der Waals surface area contributed by atoms with Crippen LogP contribution in [0.2, 0.25) is 0 Å². The van der Waals surface area contributed by atoms with E-state index in [-0.39, 0.29) is 16.2 Å². The predicted octanol–water partition coefficient (Wildman–Crippen LogP) is 4.37. The van der Waals surface area contributed by atoms with Crippen LogP contribution >= 0.6 is 54.5 Å². The molecule has 5 nitrogen and oxygen atoms in total. The standard InChI is InChI=1S/C16H13Br2IO5S/c1-23-14-4-3-10(8-13(14)19)25(21,22)16-11(17)5-9(6-12(16)18)7-15(20)24-2/h3-6,8H,7H2,1-2H3. The Bertz CT molecular complexity index is 905. The largest absolute Gasteiger partial charge is 0.496 e. The van der Waals surface area contributed by atoms with E-state index in [0.717, 1.165) is 0 Å². The summed E-state index contributed by atoms with van der Waals surface area (Å²) < 4.78 is 37.3. The van der Waals surface area contributed by atoms with Crippen LogP contribution in [0, 0.1) is 3.57 Å². The average Bonchev–Trinajstić information content (AvgIpc) is 2.53. The van der Waals surface area contributed by atoms with E-state index in [0.29, 0.717) is 23.8 Å². The zero-order chi connectivity index (χ0) is 18.8. The minimum absolute atomic E-state index is 0.0501. The zero-order valence-corrected chi connectivity index (χ0v) is 19.3. The van der Waals surface area contributed by atoms with Crippen LogP contribution in [0.15, 0.2) is 49.1 Å². The molecule has 0 heterocycles. The van der Waals surface area contributed by atoms with Crippen LogP contribution in [0.1, 0.15) is 5.56 Å². The van der Waals surface area contributed by atoms with Crippen molar-refractivity contribution < 1.29 is 22.7 Å². The van der Waals surface area contributed by atoms with E-state index < -0.39 is 15.8 Å². The van der Waals surface area contributed by atoms with Crippen molar-refractivity contribution in [1.29, 1.82) is 0 Å². The van der Waals surface area contributed by atoms with Crippen LogP contribution < -0.4 is 4.74 Å². The van der Waals surface area contributed by atoms with Gasteiger partial charge in [-0.25, -0.2) is 8.42 Å². The fourth-order valence-electron chi connectivity index (χ4n) is 2.14. The molecule has 0 radical (unpaired) electrons. The van der Waals surface area contributed by atoms with Crippen molar-refractivity contribution in [2.45, 2.75) is 16.2 Å². The second-order valence-corrected chi connectivity index (χ2v) is 9.70. The van der Waals surface area contributed by atoms with E-state index in [2.05, 4.69) is 36.6 Å². The SMILES string of the molecule is COC(=O)Cc1cc(Br)c(S(=O)(=O)c2ccc(OC)c(I)c2)c(Br)c1. The van der Waals surface area contributed by atoms with Gasteiger partial charge in [0.15, 0.2) is 0 Å². The van der Waals surface area contributed by atoms with Gasteiger partial charge in [-0.2, -0.15) is 0 Å². The molecule has 0 N–H and O–H groups in total. The quantitative estimate of drug-likeness (QED) is 0.375. The van der Waals surface area contributed by atoms with Gasteiger partial charge in [0, 0.05) is 8.95 Å². The fourth-order valence-corrected chi connectivity index (χ4v) is 7.04. The van der Waals surface area contributed by atoms with Crippen LogP contribution in [0.25, 0.3) is 0 Å². The third kappa shape index (κ3) is 4.55. The molecular weight excluding hydrogens is 591 g/mol. The van der Waals surface area contributed by atoms with Crippen LogP contribution in [-0.2, 0) is 25.8 Å². The van der Waals surface area contributed by atoms with E-state index in [4.69, 9.17) is 4.74 Å². The maximum Gasteiger partial charge on any atom is 0.309 e. The monoisotopic (exact) mass is 602 g/mol. The highest BCUT2D eigenvalue weighted by atomic mass is 127. The molecule has 9 heteroatoms. The number of sulfone groups is 1. The molecule has 0 atom stereocenters. The minimum Gasteiger partial charge on any atom is -0.496 e. The van der Waals surface area contributed by atoms with Crippen molar-refractivity contribution in [3.8, 4) is 5.75 Å². The lowest BCUT2D eigenvalue weighted by atomic mass is 10.1. The summed E-state index contributed by atoms with van der Waals surface area (Å²) in [6.07, 6.45) is 0.0501. The maximum atomic E-state index is 13.0. The van der Waals surface area contributed by atoms with Crippen molar-refractivity contribution in [2.24, 2.45) is 0 Å². The highest BCUT2D eigenvalue weighted by Gasteiger charge is 2.25. The summed E-state index contributed by atoms with van der Waals surface area (Å²) in [5, 5.41) is 0. The summed E-state index contributed by atoms with van der Waals surface area (Å²) in [6, 6.07) is 7.86. The minimum atomic E-state index is -3.77. The number of halogens is 3. The van der Waals surface area contributed by atoms with Gasteiger partial charge in [-0.15, -0.1) is 0 Å². The van der Waals surface area contributed by atoms with Crippen molar-refractivity contribution in [3.05, 3.63) is 48.4 Å². The number of carbonyl (C=O) groups excluding carboxylic acids is 1. The molecule has 0 aliphatic carbocycles. The molecule has 0 aliphatic heterocycles. The Morgan fingerprint density at radius 2 is 1.72 bits per heavy atom. The Hall–Kier alpha value is -0.650. The molecule has 0 fully saturated rings. The molecule has 0 unspecified atom stereocenters. The van der Waals surface area contributed by atoms with Gasteiger partial charge in [0.1, 0.15) is 10.6 Å². The van der Waals surface area contributed by atoms with E-state index in [9.17, 15) is 13.2 Å². The van der Waals surface area contributed by atoms with Crippen molar-refractivity contribution in [1.82, 2.24) is 0 Å². The molecule has 0 spiro atoms. The van der Waals surface area contributed by atoms with Gasteiger partial charge in [0.05, 0.1) is 29.1 Å². The molecular formula is C16H13Br2IO5S. The van der Waals surface area contributed by atoms with Gasteiger partial charge < -0.3 is 9.47 Å². The summed E-state index contributed by atoms with van der Waals surface area (Å²) in [5.41, 5.74) is 0.633. The molecule has 0 amide bonds. The highest BCUT2D eigenvalue weighted by molar-refractivity contribution is 14.1. The number of ether oxygens (including phenoxy) is 2. The molecule has 2 rings (SSSR count). The Morgan fingerprint density at radius 1 is 1.12 bits per heavy atom. The highest BCUT2D eigenvalue weighted by Crippen LogP contribution is 2.36. The van der Waals surface area contributed by atoms with Crippen molar-refractivity contribution in [2.75, 3.05) is 14.2 Å². The molecule has 0 saturated heterocycles. The predicted molar refractivity (Wildman–Crippen MR) is 109 cm³/mol. The van der Waals surface area contributed by atoms with Crippen LogP contribution in [-0.4, -0.2) is 28.6 Å². The number of rotatable bonds is 5. The van der Waals surface area contributed by atoms with Gasteiger partial charge in [-0.05, 0) is 90.3 Å². The Morgan fingerprint density at radius 3 is 2.20 bits per heavy atom. The topological polar surface area (TPSA) is 69.7 Å². The summed E-state index contributed by atoms with van der Waals surface area (Å²) >= 11 is 8.62. The second-order valence-electron chi connectivity index (χ2n) is 4.94. The van der Waals surface area contributed by atoms with E-state index in [1.807, 2.05) is 22.6 Å². The summed E-state index contributed by atoms with van der Waals surface area (Å²) in [6.45, 7) is 0. The average molecular weight is 604 g/mol. The number of hydrogen-bond acceptors (Lipinski definition) is 5. The first-order valence-corrected chi connectivity index (χ1v) is 11.0. The fraction of sp³-hybridized carbons (Fsp3) is 0.188. The van der Waals surface area contributed by atoms with E-state index in [1.165, 1.54) is 20.3 Å². The van der Waals surface area contributed by atoms with Gasteiger partial charge in [0.2, 0.25) is 9.84 Å². The van der Waals surface area contributed by atoms with Crippen LogP contribution in [0.4, 0.5) is 0 Å². The zero-order valence-electron chi connectivity index (χ0n) is 13.2.